The number of nitrogen functional groups attached to an aromatic ring is 1. The Kier molecular flexibility index (Phi) is 5.18. The van der Waals surface area contributed by atoms with Crippen molar-refractivity contribution in [3.05, 3.63) is 29.8 Å². The van der Waals surface area contributed by atoms with E-state index >= 15 is 0 Å². The van der Waals surface area contributed by atoms with Crippen molar-refractivity contribution in [1.29, 1.82) is 0 Å². The molecule has 1 heterocycles. The lowest BCUT2D eigenvalue weighted by Crippen LogP contribution is -2.38. The van der Waals surface area contributed by atoms with Crippen LogP contribution in [0.2, 0.25) is 0 Å². The highest BCUT2D eigenvalue weighted by Crippen LogP contribution is 2.07. The number of benzene rings is 1. The van der Waals surface area contributed by atoms with E-state index in [1.54, 1.807) is 12.1 Å². The molecule has 0 unspecified atom stereocenters. The van der Waals surface area contributed by atoms with Gasteiger partial charge in [0, 0.05) is 25.3 Å². The Hall–Kier alpha value is -1.59. The molecule has 1 aromatic carbocycles. The van der Waals surface area contributed by atoms with Gasteiger partial charge >= 0.3 is 5.97 Å². The molecule has 0 amide bonds. The van der Waals surface area contributed by atoms with E-state index in [9.17, 15) is 4.79 Å². The third-order valence-electron chi connectivity index (χ3n) is 3.07. The molecule has 5 nitrogen and oxygen atoms in total. The van der Waals surface area contributed by atoms with Crippen LogP contribution in [0.4, 0.5) is 5.69 Å². The molecule has 104 valence electrons. The SMILES string of the molecule is Nc1cccc(CC(=O)OCCN2CCOCC2)c1. The van der Waals surface area contributed by atoms with Gasteiger partial charge in [0.25, 0.3) is 0 Å². The molecule has 1 aromatic rings. The fourth-order valence-electron chi connectivity index (χ4n) is 2.03. The van der Waals surface area contributed by atoms with E-state index in [1.807, 2.05) is 12.1 Å². The molecule has 0 bridgehead atoms. The molecule has 0 saturated carbocycles. The second-order valence-corrected chi connectivity index (χ2v) is 4.60. The van der Waals surface area contributed by atoms with E-state index < -0.39 is 0 Å². The summed E-state index contributed by atoms with van der Waals surface area (Å²) in [5.74, 6) is -0.209. The van der Waals surface area contributed by atoms with Gasteiger partial charge in [0.2, 0.25) is 0 Å². The molecular weight excluding hydrogens is 244 g/mol. The lowest BCUT2D eigenvalue weighted by atomic mass is 10.1. The van der Waals surface area contributed by atoms with Gasteiger partial charge < -0.3 is 15.2 Å². The lowest BCUT2D eigenvalue weighted by Gasteiger charge is -2.26. The summed E-state index contributed by atoms with van der Waals surface area (Å²) in [6, 6.07) is 7.31. The van der Waals surface area contributed by atoms with E-state index in [0.717, 1.165) is 38.4 Å². The topological polar surface area (TPSA) is 64.8 Å². The van der Waals surface area contributed by atoms with Crippen LogP contribution in [0.3, 0.4) is 0 Å². The summed E-state index contributed by atoms with van der Waals surface area (Å²) in [5.41, 5.74) is 7.21. The minimum atomic E-state index is -0.209. The third kappa shape index (κ3) is 4.89. The molecule has 2 rings (SSSR count). The number of hydrogen-bond acceptors (Lipinski definition) is 5. The molecule has 1 aliphatic heterocycles. The second-order valence-electron chi connectivity index (χ2n) is 4.60. The Balaban J connectivity index is 1.67. The summed E-state index contributed by atoms with van der Waals surface area (Å²) < 4.78 is 10.5. The van der Waals surface area contributed by atoms with E-state index in [1.165, 1.54) is 0 Å². The monoisotopic (exact) mass is 264 g/mol. The molecule has 19 heavy (non-hydrogen) atoms. The van der Waals surface area contributed by atoms with Crippen molar-refractivity contribution < 1.29 is 14.3 Å². The number of ether oxygens (including phenoxy) is 2. The first-order valence-corrected chi connectivity index (χ1v) is 6.54. The van der Waals surface area contributed by atoms with Crippen LogP contribution in [-0.4, -0.2) is 50.3 Å². The standard InChI is InChI=1S/C14H20N2O3/c15-13-3-1-2-12(10-13)11-14(17)19-9-6-16-4-7-18-8-5-16/h1-3,10H,4-9,11,15H2. The predicted molar refractivity (Wildman–Crippen MR) is 72.8 cm³/mol. The normalized spacial score (nSPS) is 16.2. The largest absolute Gasteiger partial charge is 0.464 e. The minimum absolute atomic E-state index is 0.209. The molecule has 5 heteroatoms. The van der Waals surface area contributed by atoms with Gasteiger partial charge in [-0.05, 0) is 17.7 Å². The zero-order valence-electron chi connectivity index (χ0n) is 11.0. The van der Waals surface area contributed by atoms with Gasteiger partial charge in [0.15, 0.2) is 0 Å². The summed E-state index contributed by atoms with van der Waals surface area (Å²) in [7, 11) is 0. The maximum Gasteiger partial charge on any atom is 0.310 e. The van der Waals surface area contributed by atoms with Crippen molar-refractivity contribution in [1.82, 2.24) is 4.90 Å². The average Bonchev–Trinajstić information content (AvgIpc) is 2.40. The number of nitrogens with two attached hydrogens (primary N) is 1. The summed E-state index contributed by atoms with van der Waals surface area (Å²) >= 11 is 0. The quantitative estimate of drug-likeness (QED) is 0.626. The first-order valence-electron chi connectivity index (χ1n) is 6.54. The molecule has 1 fully saturated rings. The first kappa shape index (κ1) is 13.8. The number of carbonyl (C=O) groups is 1. The van der Waals surface area contributed by atoms with E-state index in [2.05, 4.69) is 4.90 Å². The van der Waals surface area contributed by atoms with Gasteiger partial charge in [-0.1, -0.05) is 12.1 Å². The van der Waals surface area contributed by atoms with Crippen molar-refractivity contribution in [3.8, 4) is 0 Å². The molecule has 1 aliphatic rings. The van der Waals surface area contributed by atoms with Gasteiger partial charge in [-0.2, -0.15) is 0 Å². The van der Waals surface area contributed by atoms with E-state index in [4.69, 9.17) is 15.2 Å². The van der Waals surface area contributed by atoms with Gasteiger partial charge in [0.05, 0.1) is 19.6 Å². The van der Waals surface area contributed by atoms with Gasteiger partial charge in [0.1, 0.15) is 6.61 Å². The van der Waals surface area contributed by atoms with Crippen LogP contribution in [0.5, 0.6) is 0 Å². The average molecular weight is 264 g/mol. The highest BCUT2D eigenvalue weighted by molar-refractivity contribution is 5.73. The van der Waals surface area contributed by atoms with Crippen LogP contribution in [-0.2, 0) is 20.7 Å². The summed E-state index contributed by atoms with van der Waals surface area (Å²) in [6.45, 7) is 4.54. The summed E-state index contributed by atoms with van der Waals surface area (Å²) in [5, 5.41) is 0. The van der Waals surface area contributed by atoms with Crippen LogP contribution in [0, 0.1) is 0 Å². The fourth-order valence-corrected chi connectivity index (χ4v) is 2.03. The van der Waals surface area contributed by atoms with Crippen molar-refractivity contribution in [2.75, 3.05) is 45.2 Å². The smallest absolute Gasteiger partial charge is 0.310 e. The molecule has 0 spiro atoms. The molecule has 2 N–H and O–H groups in total. The number of morpholine rings is 1. The van der Waals surface area contributed by atoms with E-state index in [-0.39, 0.29) is 12.4 Å². The van der Waals surface area contributed by atoms with Gasteiger partial charge in [-0.15, -0.1) is 0 Å². The predicted octanol–water partition coefficient (Wildman–Crippen LogP) is 0.687. The van der Waals surface area contributed by atoms with Gasteiger partial charge in [-0.25, -0.2) is 0 Å². The molecular formula is C14H20N2O3. The lowest BCUT2D eigenvalue weighted by molar-refractivity contribution is -0.143. The Morgan fingerprint density at radius 1 is 1.37 bits per heavy atom. The summed E-state index contributed by atoms with van der Waals surface area (Å²) in [6.07, 6.45) is 0.272. The maximum atomic E-state index is 11.7. The number of esters is 1. The number of nitrogens with zero attached hydrogens (tertiary/aromatic N) is 1. The number of hydrogen-bond donors (Lipinski definition) is 1. The zero-order valence-corrected chi connectivity index (χ0v) is 11.0. The fraction of sp³-hybridized carbons (Fsp3) is 0.500. The van der Waals surface area contributed by atoms with Crippen molar-refractivity contribution in [2.24, 2.45) is 0 Å². The molecule has 1 saturated heterocycles. The van der Waals surface area contributed by atoms with Crippen LogP contribution < -0.4 is 5.73 Å². The Morgan fingerprint density at radius 3 is 2.89 bits per heavy atom. The third-order valence-corrected chi connectivity index (χ3v) is 3.07. The van der Waals surface area contributed by atoms with Crippen LogP contribution in [0.15, 0.2) is 24.3 Å². The zero-order chi connectivity index (χ0) is 13.5. The minimum Gasteiger partial charge on any atom is -0.464 e. The number of rotatable bonds is 5. The highest BCUT2D eigenvalue weighted by atomic mass is 16.5. The Labute approximate surface area is 113 Å². The van der Waals surface area contributed by atoms with Crippen molar-refractivity contribution in [2.45, 2.75) is 6.42 Å². The Morgan fingerprint density at radius 2 is 2.16 bits per heavy atom. The Bertz CT molecular complexity index is 417. The van der Waals surface area contributed by atoms with Crippen molar-refractivity contribution >= 4 is 11.7 Å². The second kappa shape index (κ2) is 7.11. The van der Waals surface area contributed by atoms with Crippen LogP contribution >= 0.6 is 0 Å². The molecule has 0 radical (unpaired) electrons. The molecule has 0 aliphatic carbocycles. The highest BCUT2D eigenvalue weighted by Gasteiger charge is 2.11. The maximum absolute atomic E-state index is 11.7. The molecule has 0 aromatic heterocycles. The summed E-state index contributed by atoms with van der Waals surface area (Å²) in [4.78, 5) is 13.9. The van der Waals surface area contributed by atoms with Crippen molar-refractivity contribution in [3.63, 3.8) is 0 Å². The first-order chi connectivity index (χ1) is 9.24. The number of anilines is 1. The van der Waals surface area contributed by atoms with Crippen LogP contribution in [0.25, 0.3) is 0 Å². The van der Waals surface area contributed by atoms with E-state index in [0.29, 0.717) is 12.3 Å². The van der Waals surface area contributed by atoms with Gasteiger partial charge in [-0.3, -0.25) is 9.69 Å². The molecule has 0 atom stereocenters. The number of carbonyl (C=O) groups excluding carboxylic acids is 1. The van der Waals surface area contributed by atoms with Crippen LogP contribution in [0.1, 0.15) is 5.56 Å².